The third-order valence-corrected chi connectivity index (χ3v) is 2.94. The Morgan fingerprint density at radius 2 is 2.18 bits per heavy atom. The Hall–Kier alpha value is -0.910. The predicted octanol–water partition coefficient (Wildman–Crippen LogP) is 0.511. The van der Waals surface area contributed by atoms with Gasteiger partial charge in [-0.25, -0.2) is 0 Å². The molecule has 3 N–H and O–H groups in total. The zero-order valence-electron chi connectivity index (χ0n) is 11.2. The smallest absolute Gasteiger partial charge is 0.0538 e. The molecule has 0 saturated heterocycles. The van der Waals surface area contributed by atoms with Crippen LogP contribution in [0, 0.1) is 0 Å². The number of hydrogen-bond donors (Lipinski definition) is 2. The molecular weight excluding hydrogens is 216 g/mol. The molecule has 0 aliphatic heterocycles. The summed E-state index contributed by atoms with van der Waals surface area (Å²) in [5.74, 6) is 0. The van der Waals surface area contributed by atoms with Crippen molar-refractivity contribution in [2.75, 3.05) is 13.6 Å². The molecule has 3 unspecified atom stereocenters. The van der Waals surface area contributed by atoms with Crippen molar-refractivity contribution in [2.45, 2.75) is 38.5 Å². The van der Waals surface area contributed by atoms with E-state index < -0.39 is 0 Å². The average Bonchev–Trinajstić information content (AvgIpc) is 2.61. The van der Waals surface area contributed by atoms with Crippen molar-refractivity contribution in [2.24, 2.45) is 12.8 Å². The minimum atomic E-state index is -0.278. The molecule has 0 radical (unpaired) electrons. The van der Waals surface area contributed by atoms with Gasteiger partial charge in [0.15, 0.2) is 0 Å². The summed E-state index contributed by atoms with van der Waals surface area (Å²) in [6, 6.07) is 0.167. The molecule has 0 aromatic carbocycles. The summed E-state index contributed by atoms with van der Waals surface area (Å²) in [6.45, 7) is 4.62. The van der Waals surface area contributed by atoms with Gasteiger partial charge in [-0.2, -0.15) is 5.10 Å². The van der Waals surface area contributed by atoms with E-state index in [1.54, 1.807) is 11.6 Å². The van der Waals surface area contributed by atoms with Gasteiger partial charge in [0.05, 0.1) is 18.3 Å². The highest BCUT2D eigenvalue weighted by molar-refractivity contribution is 5.12. The molecule has 5 heteroatoms. The fourth-order valence-electron chi connectivity index (χ4n) is 2.08. The number of aliphatic hydroxyl groups excluding tert-OH is 1. The van der Waals surface area contributed by atoms with Gasteiger partial charge in [0, 0.05) is 31.4 Å². The summed E-state index contributed by atoms with van der Waals surface area (Å²) in [4.78, 5) is 2.17. The van der Waals surface area contributed by atoms with E-state index >= 15 is 0 Å². The van der Waals surface area contributed by atoms with E-state index in [1.165, 1.54) is 0 Å². The summed E-state index contributed by atoms with van der Waals surface area (Å²) < 4.78 is 1.78. The fraction of sp³-hybridized carbons (Fsp3) is 0.750. The van der Waals surface area contributed by atoms with Crippen molar-refractivity contribution in [1.82, 2.24) is 14.7 Å². The van der Waals surface area contributed by atoms with Crippen molar-refractivity contribution < 1.29 is 5.11 Å². The first-order valence-electron chi connectivity index (χ1n) is 6.04. The monoisotopic (exact) mass is 240 g/mol. The van der Waals surface area contributed by atoms with Crippen LogP contribution in [0.2, 0.25) is 0 Å². The SMILES string of the molecule is CC(O)CCN(C)C(c1cnn(C)c1)C(C)N. The van der Waals surface area contributed by atoms with Gasteiger partial charge in [0.1, 0.15) is 0 Å². The lowest BCUT2D eigenvalue weighted by Gasteiger charge is -2.30. The summed E-state index contributed by atoms with van der Waals surface area (Å²) in [5, 5.41) is 13.5. The third kappa shape index (κ3) is 4.11. The van der Waals surface area contributed by atoms with Crippen LogP contribution in [0.25, 0.3) is 0 Å². The fourth-order valence-corrected chi connectivity index (χ4v) is 2.08. The number of hydrogen-bond acceptors (Lipinski definition) is 4. The van der Waals surface area contributed by atoms with E-state index in [0.29, 0.717) is 0 Å². The van der Waals surface area contributed by atoms with Gasteiger partial charge in [0.25, 0.3) is 0 Å². The first-order chi connectivity index (χ1) is 7.91. The Labute approximate surface area is 103 Å². The highest BCUT2D eigenvalue weighted by atomic mass is 16.3. The van der Waals surface area contributed by atoms with Gasteiger partial charge in [-0.1, -0.05) is 0 Å². The number of aryl methyl sites for hydroxylation is 1. The van der Waals surface area contributed by atoms with Gasteiger partial charge in [-0.3, -0.25) is 9.58 Å². The van der Waals surface area contributed by atoms with Crippen molar-refractivity contribution in [3.63, 3.8) is 0 Å². The molecule has 5 nitrogen and oxygen atoms in total. The second-order valence-corrected chi connectivity index (χ2v) is 4.87. The molecular formula is C12H24N4O. The van der Waals surface area contributed by atoms with Gasteiger partial charge in [-0.15, -0.1) is 0 Å². The number of nitrogens with two attached hydrogens (primary N) is 1. The van der Waals surface area contributed by atoms with Gasteiger partial charge in [0.2, 0.25) is 0 Å². The van der Waals surface area contributed by atoms with E-state index in [1.807, 2.05) is 33.4 Å². The van der Waals surface area contributed by atoms with Gasteiger partial charge < -0.3 is 10.8 Å². The van der Waals surface area contributed by atoms with Gasteiger partial charge >= 0.3 is 0 Å². The minimum Gasteiger partial charge on any atom is -0.393 e. The largest absolute Gasteiger partial charge is 0.393 e. The standard InChI is InChI=1S/C12H24N4O/c1-9(17)5-6-15(3)12(10(2)13)11-7-14-16(4)8-11/h7-10,12,17H,5-6,13H2,1-4H3. The van der Waals surface area contributed by atoms with E-state index in [-0.39, 0.29) is 18.2 Å². The molecule has 1 aromatic heterocycles. The molecule has 98 valence electrons. The van der Waals surface area contributed by atoms with Crippen LogP contribution in [-0.2, 0) is 7.05 Å². The molecule has 0 aliphatic carbocycles. The predicted molar refractivity (Wildman–Crippen MR) is 68.5 cm³/mol. The van der Waals surface area contributed by atoms with Crippen LogP contribution < -0.4 is 5.73 Å². The summed E-state index contributed by atoms with van der Waals surface area (Å²) in [7, 11) is 3.93. The topological polar surface area (TPSA) is 67.3 Å². The maximum Gasteiger partial charge on any atom is 0.0538 e. The Balaban J connectivity index is 2.72. The zero-order valence-corrected chi connectivity index (χ0v) is 11.2. The zero-order chi connectivity index (χ0) is 13.0. The van der Waals surface area contributed by atoms with E-state index in [9.17, 15) is 5.11 Å². The van der Waals surface area contributed by atoms with Crippen LogP contribution in [-0.4, -0.2) is 45.5 Å². The van der Waals surface area contributed by atoms with Gasteiger partial charge in [-0.05, 0) is 27.3 Å². The molecule has 1 aromatic rings. The lowest BCUT2D eigenvalue weighted by Crippen LogP contribution is -2.38. The quantitative estimate of drug-likeness (QED) is 0.760. The molecule has 1 rings (SSSR count). The molecule has 0 aliphatic rings. The number of nitrogens with zero attached hydrogens (tertiary/aromatic N) is 3. The number of likely N-dealkylation sites (N-methyl/N-ethyl adjacent to an activating group) is 1. The summed E-state index contributed by atoms with van der Waals surface area (Å²) in [5.41, 5.74) is 7.16. The number of rotatable bonds is 6. The third-order valence-electron chi connectivity index (χ3n) is 2.94. The summed E-state index contributed by atoms with van der Waals surface area (Å²) in [6.07, 6.45) is 4.32. The van der Waals surface area contributed by atoms with Crippen LogP contribution in [0.1, 0.15) is 31.9 Å². The Morgan fingerprint density at radius 3 is 2.59 bits per heavy atom. The minimum absolute atomic E-state index is 0.0261. The van der Waals surface area contributed by atoms with E-state index in [2.05, 4.69) is 10.00 Å². The molecule has 0 saturated carbocycles. The second kappa shape index (κ2) is 6.14. The molecule has 0 bridgehead atoms. The molecule has 3 atom stereocenters. The Bertz CT molecular complexity index is 335. The van der Waals surface area contributed by atoms with Crippen LogP contribution in [0.15, 0.2) is 12.4 Å². The molecule has 0 amide bonds. The van der Waals surface area contributed by atoms with Crippen LogP contribution in [0.3, 0.4) is 0 Å². The highest BCUT2D eigenvalue weighted by Gasteiger charge is 2.22. The average molecular weight is 240 g/mol. The summed E-state index contributed by atoms with van der Waals surface area (Å²) >= 11 is 0. The normalized spacial score (nSPS) is 17.1. The first kappa shape index (κ1) is 14.2. The lowest BCUT2D eigenvalue weighted by atomic mass is 10.0. The molecule has 0 fully saturated rings. The second-order valence-electron chi connectivity index (χ2n) is 4.87. The first-order valence-corrected chi connectivity index (χ1v) is 6.04. The van der Waals surface area contributed by atoms with Crippen molar-refractivity contribution in [1.29, 1.82) is 0 Å². The van der Waals surface area contributed by atoms with Crippen LogP contribution in [0.5, 0.6) is 0 Å². The van der Waals surface area contributed by atoms with Crippen molar-refractivity contribution in [3.8, 4) is 0 Å². The maximum atomic E-state index is 9.32. The number of aromatic nitrogens is 2. The van der Waals surface area contributed by atoms with Crippen LogP contribution >= 0.6 is 0 Å². The Morgan fingerprint density at radius 1 is 1.53 bits per heavy atom. The van der Waals surface area contributed by atoms with E-state index in [0.717, 1.165) is 18.5 Å². The van der Waals surface area contributed by atoms with E-state index in [4.69, 9.17) is 5.73 Å². The number of aliphatic hydroxyl groups is 1. The highest BCUT2D eigenvalue weighted by Crippen LogP contribution is 2.21. The van der Waals surface area contributed by atoms with Crippen molar-refractivity contribution in [3.05, 3.63) is 18.0 Å². The maximum absolute atomic E-state index is 9.32. The molecule has 0 spiro atoms. The van der Waals surface area contributed by atoms with Crippen molar-refractivity contribution >= 4 is 0 Å². The molecule has 17 heavy (non-hydrogen) atoms. The lowest BCUT2D eigenvalue weighted by molar-refractivity contribution is 0.143. The Kier molecular flexibility index (Phi) is 5.11. The van der Waals surface area contributed by atoms with Crippen LogP contribution in [0.4, 0.5) is 0 Å². The molecule has 1 heterocycles.